The summed E-state index contributed by atoms with van der Waals surface area (Å²) in [7, 11) is 0. The second kappa shape index (κ2) is 5.40. The van der Waals surface area contributed by atoms with Crippen LogP contribution in [0.25, 0.3) is 0 Å². The SMILES string of the molecule is O=C(O)C(=COCCO)CC12CC3CC(CC(C3)C1)C2. The molecule has 0 aromatic heterocycles. The number of carboxylic acid groups (broad SMARTS) is 1. The summed E-state index contributed by atoms with van der Waals surface area (Å²) in [5, 5.41) is 18.1. The Morgan fingerprint density at radius 3 is 2.15 bits per heavy atom. The van der Waals surface area contributed by atoms with Crippen LogP contribution in [0.5, 0.6) is 0 Å². The van der Waals surface area contributed by atoms with Crippen molar-refractivity contribution in [2.75, 3.05) is 13.2 Å². The molecule has 112 valence electrons. The molecule has 0 aliphatic heterocycles. The van der Waals surface area contributed by atoms with Crippen LogP contribution >= 0.6 is 0 Å². The first-order valence-electron chi connectivity index (χ1n) is 7.75. The molecule has 4 bridgehead atoms. The van der Waals surface area contributed by atoms with Crippen molar-refractivity contribution in [3.8, 4) is 0 Å². The fraction of sp³-hybridized carbons (Fsp3) is 0.812. The lowest BCUT2D eigenvalue weighted by Gasteiger charge is -2.57. The minimum Gasteiger partial charge on any atom is -0.498 e. The van der Waals surface area contributed by atoms with E-state index in [-0.39, 0.29) is 18.6 Å². The van der Waals surface area contributed by atoms with Gasteiger partial charge < -0.3 is 14.9 Å². The molecule has 4 fully saturated rings. The summed E-state index contributed by atoms with van der Waals surface area (Å²) in [6.07, 6.45) is 9.69. The normalized spacial score (nSPS) is 39.0. The van der Waals surface area contributed by atoms with Crippen molar-refractivity contribution in [3.05, 3.63) is 11.8 Å². The van der Waals surface area contributed by atoms with E-state index in [0.717, 1.165) is 17.8 Å². The van der Waals surface area contributed by atoms with Crippen molar-refractivity contribution < 1.29 is 19.7 Å². The van der Waals surface area contributed by atoms with E-state index in [1.54, 1.807) is 0 Å². The average molecular weight is 280 g/mol. The summed E-state index contributed by atoms with van der Waals surface area (Å²) >= 11 is 0. The van der Waals surface area contributed by atoms with Gasteiger partial charge in [-0.15, -0.1) is 0 Å². The molecule has 4 heteroatoms. The lowest BCUT2D eigenvalue weighted by atomic mass is 9.48. The molecule has 0 saturated heterocycles. The Kier molecular flexibility index (Phi) is 3.76. The fourth-order valence-corrected chi connectivity index (χ4v) is 5.29. The standard InChI is InChI=1S/C16H24O4/c17-1-2-20-10-14(15(18)19)9-16-6-11-3-12(7-16)5-13(4-11)8-16/h10-13,17H,1-9H2,(H,18,19). The van der Waals surface area contributed by atoms with Gasteiger partial charge in [-0.2, -0.15) is 0 Å². The zero-order chi connectivity index (χ0) is 14.2. The van der Waals surface area contributed by atoms with Gasteiger partial charge in [0.2, 0.25) is 0 Å². The average Bonchev–Trinajstić information content (AvgIpc) is 2.35. The summed E-state index contributed by atoms with van der Waals surface area (Å²) in [5.41, 5.74) is 0.585. The van der Waals surface area contributed by atoms with Gasteiger partial charge in [0, 0.05) is 0 Å². The van der Waals surface area contributed by atoms with Gasteiger partial charge in [-0.05, 0) is 68.1 Å². The summed E-state index contributed by atoms with van der Waals surface area (Å²) in [6, 6.07) is 0. The predicted octanol–water partition coefficient (Wildman–Crippen LogP) is 2.57. The Labute approximate surface area is 119 Å². The van der Waals surface area contributed by atoms with Crippen LogP contribution in [0.15, 0.2) is 11.8 Å². The molecule has 2 N–H and O–H groups in total. The zero-order valence-electron chi connectivity index (χ0n) is 11.9. The number of carboxylic acids is 1. The lowest BCUT2D eigenvalue weighted by molar-refractivity contribution is -0.134. The Morgan fingerprint density at radius 2 is 1.70 bits per heavy atom. The predicted molar refractivity (Wildman–Crippen MR) is 74.0 cm³/mol. The van der Waals surface area contributed by atoms with Gasteiger partial charge >= 0.3 is 5.97 Å². The molecule has 0 aromatic rings. The summed E-state index contributed by atoms with van der Waals surface area (Å²) in [6.45, 7) is 0.0818. The summed E-state index contributed by atoms with van der Waals surface area (Å²) < 4.78 is 5.13. The maximum absolute atomic E-state index is 11.4. The number of ether oxygens (including phenoxy) is 1. The lowest BCUT2D eigenvalue weighted by Crippen LogP contribution is -2.46. The highest BCUT2D eigenvalue weighted by molar-refractivity contribution is 5.86. The molecule has 0 heterocycles. The largest absolute Gasteiger partial charge is 0.498 e. The first-order valence-corrected chi connectivity index (χ1v) is 7.75. The molecule has 4 saturated carbocycles. The highest BCUT2D eigenvalue weighted by atomic mass is 16.5. The fourth-order valence-electron chi connectivity index (χ4n) is 5.29. The van der Waals surface area contributed by atoms with Crippen LogP contribution in [0.1, 0.15) is 44.9 Å². The van der Waals surface area contributed by atoms with Gasteiger partial charge in [0.25, 0.3) is 0 Å². The Hall–Kier alpha value is -1.03. The summed E-state index contributed by atoms with van der Waals surface area (Å²) in [5.74, 6) is 1.61. The number of aliphatic hydroxyl groups is 1. The van der Waals surface area contributed by atoms with Crippen LogP contribution in [0.2, 0.25) is 0 Å². The zero-order valence-corrected chi connectivity index (χ0v) is 11.9. The monoisotopic (exact) mass is 280 g/mol. The van der Waals surface area contributed by atoms with E-state index in [1.165, 1.54) is 44.8 Å². The van der Waals surface area contributed by atoms with E-state index >= 15 is 0 Å². The number of rotatable bonds is 6. The molecule has 4 aliphatic carbocycles. The molecule has 0 spiro atoms. The van der Waals surface area contributed by atoms with Crippen molar-refractivity contribution in [2.45, 2.75) is 44.9 Å². The van der Waals surface area contributed by atoms with E-state index < -0.39 is 5.97 Å². The van der Waals surface area contributed by atoms with E-state index in [1.807, 2.05) is 0 Å². The Balaban J connectivity index is 1.71. The van der Waals surface area contributed by atoms with Crippen molar-refractivity contribution in [1.82, 2.24) is 0 Å². The highest BCUT2D eigenvalue weighted by Crippen LogP contribution is 2.61. The molecule has 0 radical (unpaired) electrons. The topological polar surface area (TPSA) is 66.8 Å². The number of hydrogen-bond donors (Lipinski definition) is 2. The quantitative estimate of drug-likeness (QED) is 0.446. The van der Waals surface area contributed by atoms with Crippen molar-refractivity contribution in [2.24, 2.45) is 23.2 Å². The highest BCUT2D eigenvalue weighted by Gasteiger charge is 2.51. The van der Waals surface area contributed by atoms with Crippen LogP contribution in [0, 0.1) is 23.2 Å². The van der Waals surface area contributed by atoms with Crippen molar-refractivity contribution in [3.63, 3.8) is 0 Å². The molecule has 0 aromatic carbocycles. The number of aliphatic hydroxyl groups excluding tert-OH is 1. The molecular formula is C16H24O4. The third-order valence-corrected chi connectivity index (χ3v) is 5.44. The smallest absolute Gasteiger partial charge is 0.334 e. The number of carbonyl (C=O) groups is 1. The van der Waals surface area contributed by atoms with Crippen LogP contribution in [-0.2, 0) is 9.53 Å². The second-order valence-electron chi connectivity index (χ2n) is 7.14. The Morgan fingerprint density at radius 1 is 1.15 bits per heavy atom. The van der Waals surface area contributed by atoms with Crippen LogP contribution in [-0.4, -0.2) is 29.4 Å². The van der Waals surface area contributed by atoms with E-state index in [2.05, 4.69) is 0 Å². The molecule has 0 atom stereocenters. The van der Waals surface area contributed by atoms with Crippen molar-refractivity contribution >= 4 is 5.97 Å². The van der Waals surface area contributed by atoms with Gasteiger partial charge in [-0.3, -0.25) is 0 Å². The first-order chi connectivity index (χ1) is 9.60. The maximum Gasteiger partial charge on any atom is 0.334 e. The van der Waals surface area contributed by atoms with Crippen molar-refractivity contribution in [1.29, 1.82) is 0 Å². The van der Waals surface area contributed by atoms with Gasteiger partial charge in [-0.25, -0.2) is 4.79 Å². The number of hydrogen-bond acceptors (Lipinski definition) is 3. The van der Waals surface area contributed by atoms with E-state index in [9.17, 15) is 9.90 Å². The van der Waals surface area contributed by atoms with Gasteiger partial charge in [-0.1, -0.05) is 0 Å². The minimum atomic E-state index is -0.876. The molecule has 4 nitrogen and oxygen atoms in total. The van der Waals surface area contributed by atoms with E-state index in [0.29, 0.717) is 12.0 Å². The first kappa shape index (κ1) is 13.9. The van der Waals surface area contributed by atoms with E-state index in [4.69, 9.17) is 9.84 Å². The minimum absolute atomic E-state index is 0.0826. The molecule has 4 aliphatic rings. The number of aliphatic carboxylic acids is 1. The summed E-state index contributed by atoms with van der Waals surface area (Å²) in [4.78, 5) is 11.4. The molecule has 4 rings (SSSR count). The molecule has 0 amide bonds. The van der Waals surface area contributed by atoms with Crippen LogP contribution in [0.4, 0.5) is 0 Å². The Bertz CT molecular complexity index is 377. The van der Waals surface area contributed by atoms with Gasteiger partial charge in [0.1, 0.15) is 6.61 Å². The molecule has 0 unspecified atom stereocenters. The van der Waals surface area contributed by atoms with Gasteiger partial charge in [0.05, 0.1) is 18.4 Å². The van der Waals surface area contributed by atoms with Crippen LogP contribution < -0.4 is 0 Å². The second-order valence-corrected chi connectivity index (χ2v) is 7.14. The van der Waals surface area contributed by atoms with Gasteiger partial charge in [0.15, 0.2) is 0 Å². The van der Waals surface area contributed by atoms with Crippen LogP contribution in [0.3, 0.4) is 0 Å². The molecular weight excluding hydrogens is 256 g/mol. The third-order valence-electron chi connectivity index (χ3n) is 5.44. The third kappa shape index (κ3) is 2.71. The molecule has 20 heavy (non-hydrogen) atoms. The maximum atomic E-state index is 11.4.